The third kappa shape index (κ3) is 5.27. The molecule has 6 rings (SSSR count). The highest BCUT2D eigenvalue weighted by Crippen LogP contribution is 2.32. The fourth-order valence-corrected chi connectivity index (χ4v) is 6.20. The van der Waals surface area contributed by atoms with E-state index in [9.17, 15) is 14.3 Å². The summed E-state index contributed by atoms with van der Waals surface area (Å²) in [5.74, 6) is -0.352. The van der Waals surface area contributed by atoms with E-state index in [1.54, 1.807) is 23.5 Å². The van der Waals surface area contributed by atoms with E-state index in [0.29, 0.717) is 49.2 Å². The Labute approximate surface area is 233 Å². The molecule has 39 heavy (non-hydrogen) atoms. The lowest BCUT2D eigenvalue weighted by Crippen LogP contribution is -2.47. The number of hydrogen-bond acceptors (Lipinski definition) is 6. The van der Waals surface area contributed by atoms with Crippen molar-refractivity contribution in [3.05, 3.63) is 98.8 Å². The number of benzene rings is 2. The van der Waals surface area contributed by atoms with Crippen molar-refractivity contribution in [2.45, 2.75) is 38.5 Å². The number of aromatic nitrogens is 4. The van der Waals surface area contributed by atoms with Crippen molar-refractivity contribution in [2.75, 3.05) is 13.1 Å². The van der Waals surface area contributed by atoms with Gasteiger partial charge < -0.3 is 5.11 Å². The fraction of sp³-hybridized carbons (Fsp3) is 0.276. The van der Waals surface area contributed by atoms with Crippen molar-refractivity contribution in [1.29, 1.82) is 0 Å². The molecule has 1 fully saturated rings. The third-order valence-electron chi connectivity index (χ3n) is 7.35. The minimum atomic E-state index is -1.02. The summed E-state index contributed by atoms with van der Waals surface area (Å²) in [4.78, 5) is 22.4. The second-order valence-electron chi connectivity index (χ2n) is 10.2. The Morgan fingerprint density at radius 1 is 1.10 bits per heavy atom. The van der Waals surface area contributed by atoms with Crippen molar-refractivity contribution in [1.82, 2.24) is 24.2 Å². The summed E-state index contributed by atoms with van der Waals surface area (Å²) in [6.45, 7) is 4.32. The smallest absolute Gasteiger partial charge is 0.264 e. The first-order valence-corrected chi connectivity index (χ1v) is 14.0. The summed E-state index contributed by atoms with van der Waals surface area (Å²) < 4.78 is 16.3. The lowest BCUT2D eigenvalue weighted by atomic mass is 9.91. The molecule has 1 saturated heterocycles. The summed E-state index contributed by atoms with van der Waals surface area (Å²) in [7, 11) is 0. The monoisotopic (exact) mass is 563 g/mol. The summed E-state index contributed by atoms with van der Waals surface area (Å²) in [6, 6.07) is 16.3. The lowest BCUT2D eigenvalue weighted by molar-refractivity contribution is -0.0364. The van der Waals surface area contributed by atoms with Gasteiger partial charge in [0, 0.05) is 34.4 Å². The van der Waals surface area contributed by atoms with Gasteiger partial charge in [0.2, 0.25) is 0 Å². The zero-order valence-electron chi connectivity index (χ0n) is 21.3. The van der Waals surface area contributed by atoms with E-state index in [1.807, 2.05) is 6.07 Å². The molecular weight excluding hydrogens is 537 g/mol. The number of likely N-dealkylation sites (tertiary alicyclic amines) is 1. The van der Waals surface area contributed by atoms with Crippen LogP contribution in [0.25, 0.3) is 27.2 Å². The molecule has 4 heterocycles. The Morgan fingerprint density at radius 2 is 1.87 bits per heavy atom. The van der Waals surface area contributed by atoms with Crippen LogP contribution in [0.3, 0.4) is 0 Å². The van der Waals surface area contributed by atoms with E-state index >= 15 is 0 Å². The molecule has 1 aliphatic heterocycles. The molecule has 0 bridgehead atoms. The molecule has 7 nitrogen and oxygen atoms in total. The van der Waals surface area contributed by atoms with E-state index in [0.717, 1.165) is 16.1 Å². The second-order valence-corrected chi connectivity index (χ2v) is 11.9. The number of rotatable bonds is 6. The average molecular weight is 564 g/mol. The van der Waals surface area contributed by atoms with Crippen LogP contribution in [0.15, 0.2) is 71.9 Å². The quantitative estimate of drug-likeness (QED) is 0.298. The maximum absolute atomic E-state index is 13.3. The van der Waals surface area contributed by atoms with E-state index < -0.39 is 5.60 Å². The van der Waals surface area contributed by atoms with Gasteiger partial charge in [0.05, 0.1) is 24.0 Å². The largest absolute Gasteiger partial charge is 0.388 e. The van der Waals surface area contributed by atoms with E-state index in [-0.39, 0.29) is 17.9 Å². The second kappa shape index (κ2) is 10.3. The zero-order chi connectivity index (χ0) is 27.1. The molecule has 0 spiro atoms. The van der Waals surface area contributed by atoms with Crippen molar-refractivity contribution in [2.24, 2.45) is 0 Å². The molecule has 0 aliphatic carbocycles. The molecule has 1 aliphatic rings. The molecule has 2 aromatic carbocycles. The predicted molar refractivity (Wildman–Crippen MR) is 152 cm³/mol. The Kier molecular flexibility index (Phi) is 6.84. The molecular formula is C29H27ClFN5O2S. The van der Waals surface area contributed by atoms with Gasteiger partial charge in [-0.3, -0.25) is 14.3 Å². The van der Waals surface area contributed by atoms with E-state index in [4.69, 9.17) is 11.6 Å². The van der Waals surface area contributed by atoms with Crippen LogP contribution in [0.2, 0.25) is 5.02 Å². The van der Waals surface area contributed by atoms with Crippen molar-refractivity contribution in [3.8, 4) is 16.1 Å². The number of nitrogens with zero attached hydrogens (tertiary/aromatic N) is 5. The Bertz CT molecular complexity index is 1700. The van der Waals surface area contributed by atoms with Gasteiger partial charge in [0.15, 0.2) is 5.65 Å². The van der Waals surface area contributed by atoms with Gasteiger partial charge in [0.1, 0.15) is 17.5 Å². The molecule has 10 heteroatoms. The number of hydrogen-bond donors (Lipinski definition) is 1. The SMILES string of the molecule is Cc1ccc(-c2ccc(CN3CCC(O)(Cn4cnc5c(cnn5-c5ccc(F)cc5)c4=O)CC3)c(Cl)c2)s1. The van der Waals surface area contributed by atoms with Gasteiger partial charge in [0.25, 0.3) is 5.56 Å². The molecule has 0 saturated carbocycles. The van der Waals surface area contributed by atoms with Crippen LogP contribution in [-0.4, -0.2) is 48.0 Å². The highest BCUT2D eigenvalue weighted by atomic mass is 35.5. The molecule has 1 N–H and O–H groups in total. The number of halogens is 2. The first kappa shape index (κ1) is 25.9. The van der Waals surface area contributed by atoms with Gasteiger partial charge >= 0.3 is 0 Å². The third-order valence-corrected chi connectivity index (χ3v) is 8.75. The van der Waals surface area contributed by atoms with Gasteiger partial charge in [-0.15, -0.1) is 11.3 Å². The Balaban J connectivity index is 1.12. The fourth-order valence-electron chi connectivity index (χ4n) is 5.09. The van der Waals surface area contributed by atoms with Crippen LogP contribution in [0.5, 0.6) is 0 Å². The van der Waals surface area contributed by atoms with E-state index in [2.05, 4.69) is 46.2 Å². The van der Waals surface area contributed by atoms with Crippen LogP contribution in [0, 0.1) is 12.7 Å². The summed E-state index contributed by atoms with van der Waals surface area (Å²) >= 11 is 8.39. The molecule has 0 amide bonds. The van der Waals surface area contributed by atoms with Crippen molar-refractivity contribution < 1.29 is 9.50 Å². The van der Waals surface area contributed by atoms with Crippen LogP contribution in [-0.2, 0) is 13.1 Å². The summed E-state index contributed by atoms with van der Waals surface area (Å²) in [5.41, 5.74) is 1.89. The first-order chi connectivity index (χ1) is 18.8. The lowest BCUT2D eigenvalue weighted by Gasteiger charge is -2.38. The first-order valence-electron chi connectivity index (χ1n) is 12.8. The number of thiophene rings is 1. The summed E-state index contributed by atoms with van der Waals surface area (Å²) in [5, 5.41) is 16.7. The van der Waals surface area contributed by atoms with Crippen molar-refractivity contribution in [3.63, 3.8) is 0 Å². The highest BCUT2D eigenvalue weighted by molar-refractivity contribution is 7.15. The molecule has 0 atom stereocenters. The number of aryl methyl sites for hydroxylation is 1. The van der Waals surface area contributed by atoms with Gasteiger partial charge in [-0.2, -0.15) is 5.10 Å². The molecule has 0 radical (unpaired) electrons. The van der Waals surface area contributed by atoms with Gasteiger partial charge in [-0.1, -0.05) is 23.7 Å². The number of piperidine rings is 1. The predicted octanol–water partition coefficient (Wildman–Crippen LogP) is 5.44. The molecule has 0 unspecified atom stereocenters. The minimum Gasteiger partial charge on any atom is -0.388 e. The Morgan fingerprint density at radius 3 is 2.56 bits per heavy atom. The van der Waals surface area contributed by atoms with Crippen LogP contribution >= 0.6 is 22.9 Å². The van der Waals surface area contributed by atoms with Gasteiger partial charge in [-0.05, 0) is 73.4 Å². The highest BCUT2D eigenvalue weighted by Gasteiger charge is 2.33. The standard InChI is InChI=1S/C29H27ClFN5O2S/c1-19-2-9-26(39-19)20-3-4-21(25(30)14-20)16-34-12-10-29(38,11-13-34)17-35-18-32-27-24(28(35)37)15-33-36(27)23-7-5-22(31)6-8-23/h2-9,14-15,18,38H,10-13,16-17H2,1H3. The number of aliphatic hydroxyl groups is 1. The maximum Gasteiger partial charge on any atom is 0.264 e. The Hall–Kier alpha value is -3.37. The van der Waals surface area contributed by atoms with Crippen LogP contribution < -0.4 is 5.56 Å². The molecule has 5 aromatic rings. The van der Waals surface area contributed by atoms with Crippen LogP contribution in [0.4, 0.5) is 4.39 Å². The number of fused-ring (bicyclic) bond motifs is 1. The summed E-state index contributed by atoms with van der Waals surface area (Å²) in [6.07, 6.45) is 3.96. The van der Waals surface area contributed by atoms with E-state index in [1.165, 1.54) is 43.7 Å². The molecule has 200 valence electrons. The van der Waals surface area contributed by atoms with Crippen LogP contribution in [0.1, 0.15) is 23.3 Å². The average Bonchev–Trinajstić information content (AvgIpc) is 3.56. The maximum atomic E-state index is 13.3. The zero-order valence-corrected chi connectivity index (χ0v) is 22.9. The minimum absolute atomic E-state index is 0.153. The van der Waals surface area contributed by atoms with Gasteiger partial charge in [-0.25, -0.2) is 14.1 Å². The molecule has 3 aromatic heterocycles. The van der Waals surface area contributed by atoms with Crippen molar-refractivity contribution >= 4 is 34.0 Å². The topological polar surface area (TPSA) is 76.2 Å². The normalized spacial score (nSPS) is 15.7.